The summed E-state index contributed by atoms with van der Waals surface area (Å²) in [6.45, 7) is 2.87. The van der Waals surface area contributed by atoms with Crippen molar-refractivity contribution in [3.8, 4) is 0 Å². The number of aryl methyl sites for hydroxylation is 2. The van der Waals surface area contributed by atoms with Gasteiger partial charge in [-0.2, -0.15) is 0 Å². The van der Waals surface area contributed by atoms with Gasteiger partial charge in [0, 0.05) is 24.3 Å². The second-order valence-electron chi connectivity index (χ2n) is 5.98. The maximum Gasteiger partial charge on any atom is 0.227 e. The molecule has 0 unspecified atom stereocenters. The Balaban J connectivity index is 1.71. The van der Waals surface area contributed by atoms with Gasteiger partial charge < -0.3 is 10.6 Å². The molecule has 0 aromatic heterocycles. The fourth-order valence-electron chi connectivity index (χ4n) is 3.05. The Morgan fingerprint density at radius 2 is 1.95 bits per heavy atom. The molecule has 0 atom stereocenters. The summed E-state index contributed by atoms with van der Waals surface area (Å²) in [5.74, 6) is 0.187. The minimum absolute atomic E-state index is 0.187. The third kappa shape index (κ3) is 2.98. The van der Waals surface area contributed by atoms with E-state index < -0.39 is 0 Å². The van der Waals surface area contributed by atoms with Crippen LogP contribution in [-0.4, -0.2) is 12.5 Å². The molecule has 0 radical (unpaired) electrons. The van der Waals surface area contributed by atoms with Crippen LogP contribution in [0.3, 0.4) is 0 Å². The Morgan fingerprint density at radius 3 is 2.73 bits per heavy atom. The van der Waals surface area contributed by atoms with Gasteiger partial charge in [-0.3, -0.25) is 4.79 Å². The lowest BCUT2D eigenvalue weighted by Gasteiger charge is -2.30. The van der Waals surface area contributed by atoms with E-state index in [9.17, 15) is 4.79 Å². The molecule has 2 aromatic rings. The van der Waals surface area contributed by atoms with E-state index in [0.29, 0.717) is 6.42 Å². The van der Waals surface area contributed by atoms with Crippen LogP contribution >= 0.6 is 0 Å². The molecular formula is C19H22N2O. The van der Waals surface area contributed by atoms with Crippen LogP contribution in [0.25, 0.3) is 0 Å². The summed E-state index contributed by atoms with van der Waals surface area (Å²) < 4.78 is 0. The molecular weight excluding hydrogens is 272 g/mol. The number of nitrogen functional groups attached to an aromatic ring is 1. The summed E-state index contributed by atoms with van der Waals surface area (Å²) in [7, 11) is 0. The molecule has 0 fully saturated rings. The predicted molar refractivity (Wildman–Crippen MR) is 91.0 cm³/mol. The Bertz CT molecular complexity index is 676. The third-order valence-electron chi connectivity index (χ3n) is 4.34. The van der Waals surface area contributed by atoms with E-state index in [-0.39, 0.29) is 5.91 Å². The van der Waals surface area contributed by atoms with Crippen LogP contribution in [0.5, 0.6) is 0 Å². The molecule has 22 heavy (non-hydrogen) atoms. The Kier molecular flexibility index (Phi) is 4.14. The summed E-state index contributed by atoms with van der Waals surface area (Å²) in [5, 5.41) is 0. The standard InChI is InChI=1S/C19H22N2O/c1-14-7-9-15(10-8-14)11-12-19(22)21-13-3-4-16-17(20)5-2-6-18(16)21/h2,5-10H,3-4,11-13,20H2,1H3. The number of carbonyl (C=O) groups is 1. The first-order valence-corrected chi connectivity index (χ1v) is 7.88. The van der Waals surface area contributed by atoms with Crippen molar-refractivity contribution in [1.82, 2.24) is 0 Å². The Hall–Kier alpha value is -2.29. The Labute approximate surface area is 131 Å². The van der Waals surface area contributed by atoms with Crippen LogP contribution in [0.1, 0.15) is 29.5 Å². The van der Waals surface area contributed by atoms with Crippen LogP contribution in [0.15, 0.2) is 42.5 Å². The summed E-state index contributed by atoms with van der Waals surface area (Å²) >= 11 is 0. The number of hydrogen-bond donors (Lipinski definition) is 1. The SMILES string of the molecule is Cc1ccc(CCC(=O)N2CCCc3c(N)cccc32)cc1. The highest BCUT2D eigenvalue weighted by atomic mass is 16.2. The summed E-state index contributed by atoms with van der Waals surface area (Å²) in [5.41, 5.74) is 11.4. The first kappa shape index (κ1) is 14.6. The van der Waals surface area contributed by atoms with Crippen molar-refractivity contribution >= 4 is 17.3 Å². The van der Waals surface area contributed by atoms with E-state index >= 15 is 0 Å². The fourth-order valence-corrected chi connectivity index (χ4v) is 3.05. The minimum atomic E-state index is 0.187. The smallest absolute Gasteiger partial charge is 0.227 e. The van der Waals surface area contributed by atoms with Crippen molar-refractivity contribution < 1.29 is 4.79 Å². The molecule has 1 heterocycles. The van der Waals surface area contributed by atoms with Gasteiger partial charge in [0.2, 0.25) is 5.91 Å². The molecule has 1 aliphatic rings. The number of amides is 1. The van der Waals surface area contributed by atoms with Gasteiger partial charge in [-0.05, 0) is 49.4 Å². The summed E-state index contributed by atoms with van der Waals surface area (Å²) in [6.07, 6.45) is 3.27. The minimum Gasteiger partial charge on any atom is -0.398 e. The predicted octanol–water partition coefficient (Wildman–Crippen LogP) is 3.49. The molecule has 0 aliphatic carbocycles. The number of fused-ring (bicyclic) bond motifs is 1. The number of nitrogens with zero attached hydrogens (tertiary/aromatic N) is 1. The molecule has 1 amide bonds. The van der Waals surface area contributed by atoms with E-state index in [1.807, 2.05) is 23.1 Å². The largest absolute Gasteiger partial charge is 0.398 e. The van der Waals surface area contributed by atoms with Gasteiger partial charge in [0.05, 0.1) is 0 Å². The maximum absolute atomic E-state index is 12.6. The van der Waals surface area contributed by atoms with Gasteiger partial charge in [-0.25, -0.2) is 0 Å². The number of carbonyl (C=O) groups excluding carboxylic acids is 1. The van der Waals surface area contributed by atoms with E-state index in [0.717, 1.165) is 42.7 Å². The number of anilines is 2. The van der Waals surface area contributed by atoms with E-state index in [1.54, 1.807) is 0 Å². The van der Waals surface area contributed by atoms with Crippen LogP contribution in [0.2, 0.25) is 0 Å². The number of rotatable bonds is 3. The van der Waals surface area contributed by atoms with E-state index in [1.165, 1.54) is 11.1 Å². The van der Waals surface area contributed by atoms with Crippen LogP contribution < -0.4 is 10.6 Å². The highest BCUT2D eigenvalue weighted by Crippen LogP contribution is 2.31. The zero-order valence-corrected chi connectivity index (χ0v) is 13.0. The van der Waals surface area contributed by atoms with Gasteiger partial charge in [0.25, 0.3) is 0 Å². The second kappa shape index (κ2) is 6.22. The van der Waals surface area contributed by atoms with Gasteiger partial charge in [0.1, 0.15) is 0 Å². The average Bonchev–Trinajstić information content (AvgIpc) is 2.54. The van der Waals surface area contributed by atoms with Gasteiger partial charge in [0.15, 0.2) is 0 Å². The van der Waals surface area contributed by atoms with Crippen molar-refractivity contribution in [2.75, 3.05) is 17.2 Å². The first-order valence-electron chi connectivity index (χ1n) is 7.88. The lowest BCUT2D eigenvalue weighted by Crippen LogP contribution is -2.35. The van der Waals surface area contributed by atoms with Crippen LogP contribution in [0, 0.1) is 6.92 Å². The normalized spacial score (nSPS) is 13.8. The van der Waals surface area contributed by atoms with Gasteiger partial charge >= 0.3 is 0 Å². The highest BCUT2D eigenvalue weighted by molar-refractivity contribution is 5.95. The lowest BCUT2D eigenvalue weighted by molar-refractivity contribution is -0.118. The van der Waals surface area contributed by atoms with Crippen molar-refractivity contribution in [3.63, 3.8) is 0 Å². The molecule has 3 heteroatoms. The van der Waals surface area contributed by atoms with E-state index in [2.05, 4.69) is 31.2 Å². The van der Waals surface area contributed by atoms with Crippen molar-refractivity contribution in [2.24, 2.45) is 0 Å². The quantitative estimate of drug-likeness (QED) is 0.881. The topological polar surface area (TPSA) is 46.3 Å². The van der Waals surface area contributed by atoms with Crippen molar-refractivity contribution in [2.45, 2.75) is 32.6 Å². The first-order chi connectivity index (χ1) is 10.6. The molecule has 0 bridgehead atoms. The molecule has 114 valence electrons. The Morgan fingerprint density at radius 1 is 1.18 bits per heavy atom. The summed E-state index contributed by atoms with van der Waals surface area (Å²) in [6, 6.07) is 14.2. The average molecular weight is 294 g/mol. The molecule has 0 spiro atoms. The molecule has 2 N–H and O–H groups in total. The number of hydrogen-bond acceptors (Lipinski definition) is 2. The maximum atomic E-state index is 12.6. The molecule has 0 saturated heterocycles. The fraction of sp³-hybridized carbons (Fsp3) is 0.316. The summed E-state index contributed by atoms with van der Waals surface area (Å²) in [4.78, 5) is 14.5. The lowest BCUT2D eigenvalue weighted by atomic mass is 9.99. The second-order valence-corrected chi connectivity index (χ2v) is 5.98. The van der Waals surface area contributed by atoms with Crippen molar-refractivity contribution in [1.29, 1.82) is 0 Å². The molecule has 1 aliphatic heterocycles. The molecule has 2 aromatic carbocycles. The van der Waals surface area contributed by atoms with Crippen LogP contribution in [-0.2, 0) is 17.6 Å². The third-order valence-corrected chi connectivity index (χ3v) is 4.34. The number of benzene rings is 2. The van der Waals surface area contributed by atoms with Gasteiger partial charge in [-0.15, -0.1) is 0 Å². The zero-order chi connectivity index (χ0) is 15.5. The molecule has 0 saturated carbocycles. The monoisotopic (exact) mass is 294 g/mol. The molecule has 3 nitrogen and oxygen atoms in total. The van der Waals surface area contributed by atoms with Gasteiger partial charge in [-0.1, -0.05) is 35.9 Å². The highest BCUT2D eigenvalue weighted by Gasteiger charge is 2.23. The van der Waals surface area contributed by atoms with Crippen LogP contribution in [0.4, 0.5) is 11.4 Å². The number of nitrogens with two attached hydrogens (primary N) is 1. The zero-order valence-electron chi connectivity index (χ0n) is 13.0. The molecule has 3 rings (SSSR count). The van der Waals surface area contributed by atoms with Crippen molar-refractivity contribution in [3.05, 3.63) is 59.2 Å². The van der Waals surface area contributed by atoms with E-state index in [4.69, 9.17) is 5.73 Å².